The Balaban J connectivity index is 1.58. The highest BCUT2D eigenvalue weighted by Gasteiger charge is 2.33. The first-order valence-electron chi connectivity index (χ1n) is 8.77. The number of rotatable bonds is 7. The summed E-state index contributed by atoms with van der Waals surface area (Å²) in [6.07, 6.45) is 3.87. The summed E-state index contributed by atoms with van der Waals surface area (Å²) in [7, 11) is 0. The molecular weight excluding hydrogens is 388 g/mol. The molecule has 0 bridgehead atoms. The number of ether oxygens (including phenoxy) is 1. The maximum atomic E-state index is 13.9. The number of hydrogen-bond acceptors (Lipinski definition) is 3. The number of halogens is 3. The van der Waals surface area contributed by atoms with Gasteiger partial charge in [-0.1, -0.05) is 35.9 Å². The first-order valence-corrected chi connectivity index (χ1v) is 9.15. The molecule has 2 aromatic carbocycles. The third-order valence-electron chi connectivity index (χ3n) is 4.33. The van der Waals surface area contributed by atoms with E-state index in [9.17, 15) is 18.4 Å². The van der Waals surface area contributed by atoms with Crippen LogP contribution >= 0.6 is 11.6 Å². The number of nitrogens with zero attached hydrogens (tertiary/aromatic N) is 1. The highest BCUT2D eigenvalue weighted by atomic mass is 35.5. The molecule has 1 aliphatic rings. The summed E-state index contributed by atoms with van der Waals surface area (Å²) < 4.78 is 32.5. The molecule has 0 aromatic heterocycles. The quantitative estimate of drug-likeness (QED) is 0.507. The molecule has 1 amide bonds. The standard InChI is InChI=1S/C21H18ClF2NO3/c22-17-5-3-7-19(24)16(17)10-11-21(27)28-13-20(26)25(15-8-9-15)12-14-4-1-2-6-18(14)23/h1-7,10-11,15H,8-9,12-13H2/b11-10+. The maximum Gasteiger partial charge on any atom is 0.331 e. The minimum atomic E-state index is -0.797. The largest absolute Gasteiger partial charge is 0.452 e. The maximum absolute atomic E-state index is 13.9. The summed E-state index contributed by atoms with van der Waals surface area (Å²) in [6.45, 7) is -0.354. The van der Waals surface area contributed by atoms with Crippen LogP contribution in [0.3, 0.4) is 0 Å². The van der Waals surface area contributed by atoms with Crippen LogP contribution in [0.1, 0.15) is 24.0 Å². The molecule has 0 radical (unpaired) electrons. The van der Waals surface area contributed by atoms with Crippen LogP contribution in [0.5, 0.6) is 0 Å². The molecule has 146 valence electrons. The van der Waals surface area contributed by atoms with Crippen LogP contribution in [0.2, 0.25) is 5.02 Å². The molecule has 1 fully saturated rings. The Kier molecular flexibility index (Phi) is 6.41. The van der Waals surface area contributed by atoms with Crippen molar-refractivity contribution in [3.63, 3.8) is 0 Å². The molecule has 28 heavy (non-hydrogen) atoms. The Labute approximate surface area is 166 Å². The molecule has 1 saturated carbocycles. The summed E-state index contributed by atoms with van der Waals surface area (Å²) in [5.74, 6) is -2.16. The molecule has 0 atom stereocenters. The van der Waals surface area contributed by atoms with Gasteiger partial charge in [-0.25, -0.2) is 13.6 Å². The van der Waals surface area contributed by atoms with Crippen LogP contribution in [0.4, 0.5) is 8.78 Å². The summed E-state index contributed by atoms with van der Waals surface area (Å²) in [5, 5.41) is 0.157. The van der Waals surface area contributed by atoms with Crippen LogP contribution in [0.25, 0.3) is 6.08 Å². The normalized spacial score (nSPS) is 13.5. The van der Waals surface area contributed by atoms with Crippen molar-refractivity contribution in [2.45, 2.75) is 25.4 Å². The fourth-order valence-corrected chi connectivity index (χ4v) is 2.93. The van der Waals surface area contributed by atoms with Gasteiger partial charge >= 0.3 is 5.97 Å². The Morgan fingerprint density at radius 3 is 2.50 bits per heavy atom. The van der Waals surface area contributed by atoms with Crippen molar-refractivity contribution < 1.29 is 23.1 Å². The lowest BCUT2D eigenvalue weighted by Crippen LogP contribution is -2.36. The van der Waals surface area contributed by atoms with Crippen molar-refractivity contribution >= 4 is 29.6 Å². The van der Waals surface area contributed by atoms with Gasteiger partial charge in [-0.3, -0.25) is 4.79 Å². The lowest BCUT2D eigenvalue weighted by Gasteiger charge is -2.22. The molecule has 0 unspecified atom stereocenters. The Morgan fingerprint density at radius 2 is 1.82 bits per heavy atom. The van der Waals surface area contributed by atoms with E-state index in [2.05, 4.69) is 0 Å². The highest BCUT2D eigenvalue weighted by Crippen LogP contribution is 2.29. The zero-order chi connectivity index (χ0) is 20.1. The number of hydrogen-bond donors (Lipinski definition) is 0. The van der Waals surface area contributed by atoms with Crippen LogP contribution in [0, 0.1) is 11.6 Å². The predicted octanol–water partition coefficient (Wildman–Crippen LogP) is 4.37. The number of amides is 1. The van der Waals surface area contributed by atoms with Gasteiger partial charge in [0, 0.05) is 29.8 Å². The Hall–Kier alpha value is -2.73. The summed E-state index contributed by atoms with van der Waals surface area (Å²) in [4.78, 5) is 25.8. The average Bonchev–Trinajstić information content (AvgIpc) is 3.50. The number of esters is 1. The third-order valence-corrected chi connectivity index (χ3v) is 4.66. The minimum absolute atomic E-state index is 0.0265. The lowest BCUT2D eigenvalue weighted by molar-refractivity contribution is -0.148. The molecule has 4 nitrogen and oxygen atoms in total. The van der Waals surface area contributed by atoms with Crippen molar-refractivity contribution in [3.8, 4) is 0 Å². The monoisotopic (exact) mass is 405 g/mol. The van der Waals surface area contributed by atoms with Crippen LogP contribution in [-0.4, -0.2) is 29.4 Å². The molecule has 7 heteroatoms. The molecule has 0 spiro atoms. The van der Waals surface area contributed by atoms with Gasteiger partial charge in [0.05, 0.1) is 5.02 Å². The van der Waals surface area contributed by atoms with Crippen molar-refractivity contribution in [2.24, 2.45) is 0 Å². The van der Waals surface area contributed by atoms with Crippen LogP contribution in [-0.2, 0) is 20.9 Å². The van der Waals surface area contributed by atoms with Crippen LogP contribution in [0.15, 0.2) is 48.5 Å². The predicted molar refractivity (Wildman–Crippen MR) is 101 cm³/mol. The van der Waals surface area contributed by atoms with E-state index in [1.54, 1.807) is 18.2 Å². The van der Waals surface area contributed by atoms with Gasteiger partial charge in [-0.05, 0) is 37.1 Å². The van der Waals surface area contributed by atoms with E-state index in [1.165, 1.54) is 35.2 Å². The molecule has 0 saturated heterocycles. The molecule has 0 heterocycles. The van der Waals surface area contributed by atoms with Gasteiger partial charge in [0.2, 0.25) is 0 Å². The SMILES string of the molecule is O=C(/C=C/c1c(F)cccc1Cl)OCC(=O)N(Cc1ccccc1F)C1CC1. The molecule has 0 N–H and O–H groups in total. The van der Waals surface area contributed by atoms with E-state index in [0.29, 0.717) is 5.56 Å². The summed E-state index contributed by atoms with van der Waals surface area (Å²) in [6, 6.07) is 10.4. The molecular formula is C21H18ClF2NO3. The third kappa shape index (κ3) is 5.16. The van der Waals surface area contributed by atoms with E-state index < -0.39 is 24.3 Å². The lowest BCUT2D eigenvalue weighted by atomic mass is 10.2. The van der Waals surface area contributed by atoms with Gasteiger partial charge in [0.15, 0.2) is 6.61 Å². The zero-order valence-corrected chi connectivity index (χ0v) is 15.7. The van der Waals surface area contributed by atoms with E-state index in [4.69, 9.17) is 16.3 Å². The fourth-order valence-electron chi connectivity index (χ4n) is 2.70. The molecule has 3 rings (SSSR count). The molecule has 1 aliphatic carbocycles. The van der Waals surface area contributed by atoms with E-state index in [-0.39, 0.29) is 29.0 Å². The smallest absolute Gasteiger partial charge is 0.331 e. The molecule has 0 aliphatic heterocycles. The topological polar surface area (TPSA) is 46.6 Å². The minimum Gasteiger partial charge on any atom is -0.452 e. The van der Waals surface area contributed by atoms with Crippen molar-refractivity contribution in [3.05, 3.63) is 76.3 Å². The number of carbonyl (C=O) groups is 2. The number of carbonyl (C=O) groups excluding carboxylic acids is 2. The first-order chi connectivity index (χ1) is 13.5. The second-order valence-electron chi connectivity index (χ2n) is 6.42. The van der Waals surface area contributed by atoms with Gasteiger partial charge in [0.25, 0.3) is 5.91 Å². The fraction of sp³-hybridized carbons (Fsp3) is 0.238. The number of benzene rings is 2. The van der Waals surface area contributed by atoms with E-state index >= 15 is 0 Å². The molecule has 2 aromatic rings. The van der Waals surface area contributed by atoms with E-state index in [0.717, 1.165) is 18.9 Å². The van der Waals surface area contributed by atoms with Gasteiger partial charge in [0.1, 0.15) is 11.6 Å². The Morgan fingerprint density at radius 1 is 1.11 bits per heavy atom. The van der Waals surface area contributed by atoms with Crippen molar-refractivity contribution in [1.29, 1.82) is 0 Å². The van der Waals surface area contributed by atoms with Crippen molar-refractivity contribution in [2.75, 3.05) is 6.61 Å². The Bertz CT molecular complexity index is 892. The highest BCUT2D eigenvalue weighted by molar-refractivity contribution is 6.32. The van der Waals surface area contributed by atoms with Crippen LogP contribution < -0.4 is 0 Å². The van der Waals surface area contributed by atoms with Gasteiger partial charge < -0.3 is 9.64 Å². The second-order valence-corrected chi connectivity index (χ2v) is 6.83. The van der Waals surface area contributed by atoms with E-state index in [1.807, 2.05) is 0 Å². The zero-order valence-electron chi connectivity index (χ0n) is 14.9. The summed E-state index contributed by atoms with van der Waals surface area (Å²) >= 11 is 5.88. The summed E-state index contributed by atoms with van der Waals surface area (Å²) in [5.41, 5.74) is 0.467. The van der Waals surface area contributed by atoms with Gasteiger partial charge in [-0.2, -0.15) is 0 Å². The van der Waals surface area contributed by atoms with Gasteiger partial charge in [-0.15, -0.1) is 0 Å². The first kappa shape index (κ1) is 20.0. The second kappa shape index (κ2) is 8.97. The average molecular weight is 406 g/mol. The van der Waals surface area contributed by atoms with Crippen molar-refractivity contribution in [1.82, 2.24) is 4.90 Å².